The standard InChI is InChI=1S/C25H23ClN4O6/c1-4-12-28-24(32)19-14-17(11-13-27-19)36-16-7-5-15(6-8-16)29-25(33)30-23(31)18-9-10-20(34-2)22(35-3)21(18)26/h4-11,13-14H,1,12H2,2-3H3,(H,28,32)(H2,29,30,31,33). The van der Waals surface area contributed by atoms with Gasteiger partial charge in [0.15, 0.2) is 11.5 Å². The van der Waals surface area contributed by atoms with E-state index in [4.69, 9.17) is 25.8 Å². The molecule has 3 N–H and O–H groups in total. The molecule has 11 heteroatoms. The predicted molar refractivity (Wildman–Crippen MR) is 134 cm³/mol. The molecule has 0 atom stereocenters. The van der Waals surface area contributed by atoms with Gasteiger partial charge in [-0.25, -0.2) is 4.79 Å². The number of pyridine rings is 1. The van der Waals surface area contributed by atoms with Gasteiger partial charge in [-0.2, -0.15) is 0 Å². The Morgan fingerprint density at radius 1 is 1.00 bits per heavy atom. The Hall–Kier alpha value is -4.57. The SMILES string of the molecule is C=CCNC(=O)c1cc(Oc2ccc(NC(=O)NC(=O)c3ccc(OC)c(OC)c3Cl)cc2)ccn1. The van der Waals surface area contributed by atoms with Gasteiger partial charge in [0, 0.05) is 24.5 Å². The topological polar surface area (TPSA) is 128 Å². The van der Waals surface area contributed by atoms with Crippen LogP contribution in [0.2, 0.25) is 5.02 Å². The molecule has 0 fully saturated rings. The van der Waals surface area contributed by atoms with E-state index >= 15 is 0 Å². The molecule has 0 aliphatic rings. The van der Waals surface area contributed by atoms with E-state index in [1.165, 1.54) is 38.6 Å². The molecule has 4 amide bonds. The summed E-state index contributed by atoms with van der Waals surface area (Å²) in [6, 6.07) is 11.7. The van der Waals surface area contributed by atoms with Crippen LogP contribution in [0.25, 0.3) is 0 Å². The van der Waals surface area contributed by atoms with E-state index in [-0.39, 0.29) is 27.9 Å². The van der Waals surface area contributed by atoms with Crippen LogP contribution < -0.4 is 30.2 Å². The van der Waals surface area contributed by atoms with Crippen molar-refractivity contribution in [1.29, 1.82) is 0 Å². The molecule has 0 saturated carbocycles. The lowest BCUT2D eigenvalue weighted by molar-refractivity contribution is 0.0948. The maximum Gasteiger partial charge on any atom is 0.326 e. The lowest BCUT2D eigenvalue weighted by Crippen LogP contribution is -2.34. The Morgan fingerprint density at radius 3 is 2.42 bits per heavy atom. The summed E-state index contributed by atoms with van der Waals surface area (Å²) < 4.78 is 16.1. The van der Waals surface area contributed by atoms with Crippen molar-refractivity contribution in [2.24, 2.45) is 0 Å². The summed E-state index contributed by atoms with van der Waals surface area (Å²) >= 11 is 6.22. The number of hydrogen-bond donors (Lipinski definition) is 3. The number of anilines is 1. The van der Waals surface area contributed by atoms with Crippen LogP contribution in [0.5, 0.6) is 23.0 Å². The van der Waals surface area contributed by atoms with E-state index in [1.807, 2.05) is 0 Å². The molecule has 0 spiro atoms. The van der Waals surface area contributed by atoms with E-state index in [2.05, 4.69) is 27.5 Å². The smallest absolute Gasteiger partial charge is 0.326 e. The molecule has 10 nitrogen and oxygen atoms in total. The first-order chi connectivity index (χ1) is 17.4. The second kappa shape index (κ2) is 12.2. The number of methoxy groups -OCH3 is 2. The number of hydrogen-bond acceptors (Lipinski definition) is 7. The molecule has 3 aromatic rings. The van der Waals surface area contributed by atoms with Crippen LogP contribution in [0, 0.1) is 0 Å². The summed E-state index contributed by atoms with van der Waals surface area (Å²) in [5.41, 5.74) is 0.650. The molecule has 0 bridgehead atoms. The van der Waals surface area contributed by atoms with Gasteiger partial charge in [-0.3, -0.25) is 19.9 Å². The monoisotopic (exact) mass is 510 g/mol. The first kappa shape index (κ1) is 26.0. The molecular weight excluding hydrogens is 488 g/mol. The Balaban J connectivity index is 1.60. The van der Waals surface area contributed by atoms with Gasteiger partial charge >= 0.3 is 6.03 Å². The van der Waals surface area contributed by atoms with Crippen LogP contribution in [-0.4, -0.2) is 43.6 Å². The fourth-order valence-electron chi connectivity index (χ4n) is 2.99. The number of carbonyl (C=O) groups excluding carboxylic acids is 3. The van der Waals surface area contributed by atoms with Gasteiger partial charge in [-0.1, -0.05) is 17.7 Å². The third kappa shape index (κ3) is 6.51. The molecule has 0 aliphatic carbocycles. The summed E-state index contributed by atoms with van der Waals surface area (Å²) in [7, 11) is 2.83. The Bertz CT molecular complexity index is 1280. The molecule has 2 aromatic carbocycles. The van der Waals surface area contributed by atoms with Crippen molar-refractivity contribution in [1.82, 2.24) is 15.6 Å². The minimum atomic E-state index is -0.760. The summed E-state index contributed by atoms with van der Waals surface area (Å²) in [6.07, 6.45) is 3.02. The molecule has 0 unspecified atom stereocenters. The van der Waals surface area contributed by atoms with E-state index in [0.29, 0.717) is 29.5 Å². The zero-order chi connectivity index (χ0) is 26.1. The first-order valence-electron chi connectivity index (χ1n) is 10.5. The number of urea groups is 1. The quantitative estimate of drug-likeness (QED) is 0.363. The van der Waals surface area contributed by atoms with E-state index < -0.39 is 11.9 Å². The van der Waals surface area contributed by atoms with Crippen molar-refractivity contribution in [3.8, 4) is 23.0 Å². The normalized spacial score (nSPS) is 10.1. The van der Waals surface area contributed by atoms with Gasteiger partial charge in [0.1, 0.15) is 17.2 Å². The van der Waals surface area contributed by atoms with Crippen LogP contribution in [-0.2, 0) is 0 Å². The Kier molecular flexibility index (Phi) is 8.84. The predicted octanol–water partition coefficient (Wildman–Crippen LogP) is 4.42. The minimum absolute atomic E-state index is 0.0149. The number of nitrogens with zero attached hydrogens (tertiary/aromatic N) is 1. The van der Waals surface area contributed by atoms with Crippen LogP contribution in [0.4, 0.5) is 10.5 Å². The van der Waals surface area contributed by atoms with Gasteiger partial charge in [0.25, 0.3) is 11.8 Å². The van der Waals surface area contributed by atoms with Gasteiger partial charge in [-0.15, -0.1) is 6.58 Å². The van der Waals surface area contributed by atoms with Gasteiger partial charge < -0.3 is 24.8 Å². The number of ether oxygens (including phenoxy) is 3. The molecule has 0 saturated heterocycles. The second-order valence-corrected chi connectivity index (χ2v) is 7.45. The second-order valence-electron chi connectivity index (χ2n) is 7.07. The highest BCUT2D eigenvalue weighted by molar-refractivity contribution is 6.36. The third-order valence-electron chi connectivity index (χ3n) is 4.68. The van der Waals surface area contributed by atoms with Crippen molar-refractivity contribution in [3.05, 3.63) is 83.7 Å². The average Bonchev–Trinajstić information content (AvgIpc) is 2.88. The first-order valence-corrected chi connectivity index (χ1v) is 10.9. The maximum atomic E-state index is 12.5. The van der Waals surface area contributed by atoms with Gasteiger partial charge in [-0.05, 0) is 42.5 Å². The van der Waals surface area contributed by atoms with E-state index in [1.54, 1.807) is 36.4 Å². The summed E-state index contributed by atoms with van der Waals surface area (Å²) in [6.45, 7) is 3.87. The minimum Gasteiger partial charge on any atom is -0.493 e. The van der Waals surface area contributed by atoms with Crippen molar-refractivity contribution in [2.75, 3.05) is 26.1 Å². The fourth-order valence-corrected chi connectivity index (χ4v) is 3.31. The zero-order valence-electron chi connectivity index (χ0n) is 19.5. The molecule has 0 aliphatic heterocycles. The highest BCUT2D eigenvalue weighted by Crippen LogP contribution is 2.37. The fraction of sp³-hybridized carbons (Fsp3) is 0.120. The van der Waals surface area contributed by atoms with Crippen LogP contribution in [0.3, 0.4) is 0 Å². The summed E-state index contributed by atoms with van der Waals surface area (Å²) in [5, 5.41) is 7.41. The molecule has 186 valence electrons. The molecular formula is C25H23ClN4O6. The zero-order valence-corrected chi connectivity index (χ0v) is 20.2. The van der Waals surface area contributed by atoms with Crippen molar-refractivity contribution in [3.63, 3.8) is 0 Å². The molecule has 36 heavy (non-hydrogen) atoms. The largest absolute Gasteiger partial charge is 0.493 e. The molecule has 0 radical (unpaired) electrons. The maximum absolute atomic E-state index is 12.5. The van der Waals surface area contributed by atoms with Gasteiger partial charge in [0.2, 0.25) is 0 Å². The lowest BCUT2D eigenvalue weighted by Gasteiger charge is -2.13. The third-order valence-corrected chi connectivity index (χ3v) is 5.05. The number of imide groups is 1. The highest BCUT2D eigenvalue weighted by Gasteiger charge is 2.20. The number of amides is 4. The summed E-state index contributed by atoms with van der Waals surface area (Å²) in [5.74, 6) is 0.326. The number of halogens is 1. The van der Waals surface area contributed by atoms with Crippen LogP contribution >= 0.6 is 11.6 Å². The lowest BCUT2D eigenvalue weighted by atomic mass is 10.2. The number of rotatable bonds is 9. The number of nitrogens with one attached hydrogen (secondary N) is 3. The van der Waals surface area contributed by atoms with Crippen molar-refractivity contribution in [2.45, 2.75) is 0 Å². The number of carbonyl (C=O) groups is 3. The van der Waals surface area contributed by atoms with Crippen LogP contribution in [0.15, 0.2) is 67.4 Å². The van der Waals surface area contributed by atoms with E-state index in [0.717, 1.165) is 0 Å². The number of aromatic nitrogens is 1. The molecule has 1 aromatic heterocycles. The number of benzene rings is 2. The van der Waals surface area contributed by atoms with E-state index in [9.17, 15) is 14.4 Å². The Morgan fingerprint density at radius 2 is 1.75 bits per heavy atom. The van der Waals surface area contributed by atoms with Crippen molar-refractivity contribution >= 4 is 35.1 Å². The molecule has 3 rings (SSSR count). The van der Waals surface area contributed by atoms with Crippen molar-refractivity contribution < 1.29 is 28.6 Å². The highest BCUT2D eigenvalue weighted by atomic mass is 35.5. The van der Waals surface area contributed by atoms with Gasteiger partial charge in [0.05, 0.1) is 24.8 Å². The average molecular weight is 511 g/mol. The van der Waals surface area contributed by atoms with Crippen LogP contribution in [0.1, 0.15) is 20.8 Å². The summed E-state index contributed by atoms with van der Waals surface area (Å²) in [4.78, 5) is 40.9. The molecule has 1 heterocycles. The Labute approximate surface area is 212 Å².